The first kappa shape index (κ1) is 10.6. The van der Waals surface area contributed by atoms with E-state index in [4.69, 9.17) is 27.0 Å². The Hall–Kier alpha value is -0.950. The molecule has 5 nitrogen and oxygen atoms in total. The van der Waals surface area contributed by atoms with Gasteiger partial charge in [0, 0.05) is 0 Å². The normalized spacial score (nSPS) is 13.0. The molecule has 15 heavy (non-hydrogen) atoms. The molecule has 7 heteroatoms. The number of nitrogens with zero attached hydrogens (tertiary/aromatic N) is 2. The SMILES string of the molecule is NC(CO)c1noc(-c2sccc2Cl)n1. The Balaban J connectivity index is 2.32. The fraction of sp³-hybridized carbons (Fsp3) is 0.250. The van der Waals surface area contributed by atoms with Crippen LogP contribution in [0.1, 0.15) is 11.9 Å². The molecule has 1 unspecified atom stereocenters. The van der Waals surface area contributed by atoms with E-state index in [-0.39, 0.29) is 12.4 Å². The fourth-order valence-corrected chi connectivity index (χ4v) is 2.06. The van der Waals surface area contributed by atoms with Gasteiger partial charge in [-0.3, -0.25) is 0 Å². The maximum absolute atomic E-state index is 8.81. The van der Waals surface area contributed by atoms with Crippen LogP contribution in [0.25, 0.3) is 10.8 Å². The van der Waals surface area contributed by atoms with Gasteiger partial charge in [-0.25, -0.2) is 0 Å². The number of aromatic nitrogens is 2. The molecule has 0 aliphatic rings. The van der Waals surface area contributed by atoms with Gasteiger partial charge in [0.15, 0.2) is 5.82 Å². The van der Waals surface area contributed by atoms with Crippen molar-refractivity contribution in [3.63, 3.8) is 0 Å². The molecule has 0 spiro atoms. The van der Waals surface area contributed by atoms with E-state index in [1.165, 1.54) is 11.3 Å². The van der Waals surface area contributed by atoms with E-state index < -0.39 is 6.04 Å². The molecule has 0 amide bonds. The second-order valence-electron chi connectivity index (χ2n) is 2.84. The van der Waals surface area contributed by atoms with E-state index in [0.29, 0.717) is 15.8 Å². The van der Waals surface area contributed by atoms with Crippen molar-refractivity contribution in [3.05, 3.63) is 22.3 Å². The number of nitrogens with two attached hydrogens (primary N) is 1. The molecule has 80 valence electrons. The predicted molar refractivity (Wildman–Crippen MR) is 56.6 cm³/mol. The van der Waals surface area contributed by atoms with E-state index in [1.807, 2.05) is 5.38 Å². The van der Waals surface area contributed by atoms with E-state index in [1.54, 1.807) is 6.07 Å². The van der Waals surface area contributed by atoms with Crippen LogP contribution in [0.4, 0.5) is 0 Å². The Morgan fingerprint density at radius 3 is 3.07 bits per heavy atom. The minimum atomic E-state index is -0.624. The Labute approximate surface area is 94.5 Å². The zero-order chi connectivity index (χ0) is 10.8. The van der Waals surface area contributed by atoms with Crippen molar-refractivity contribution < 1.29 is 9.63 Å². The van der Waals surface area contributed by atoms with Crippen LogP contribution in [-0.2, 0) is 0 Å². The molecule has 0 radical (unpaired) electrons. The number of thiophene rings is 1. The molecular formula is C8H8ClN3O2S. The van der Waals surface area contributed by atoms with Gasteiger partial charge in [-0.15, -0.1) is 11.3 Å². The van der Waals surface area contributed by atoms with Gasteiger partial charge in [0.1, 0.15) is 4.88 Å². The van der Waals surface area contributed by atoms with Crippen LogP contribution < -0.4 is 5.73 Å². The number of hydrogen-bond donors (Lipinski definition) is 2. The largest absolute Gasteiger partial charge is 0.394 e. The number of halogens is 1. The van der Waals surface area contributed by atoms with Crippen LogP contribution in [0.2, 0.25) is 5.02 Å². The van der Waals surface area contributed by atoms with Crippen LogP contribution >= 0.6 is 22.9 Å². The van der Waals surface area contributed by atoms with Crippen molar-refractivity contribution in [1.29, 1.82) is 0 Å². The van der Waals surface area contributed by atoms with Gasteiger partial charge in [-0.1, -0.05) is 16.8 Å². The van der Waals surface area contributed by atoms with Crippen molar-refractivity contribution in [3.8, 4) is 10.8 Å². The summed E-state index contributed by atoms with van der Waals surface area (Å²) in [5.41, 5.74) is 5.53. The number of rotatable bonds is 3. The smallest absolute Gasteiger partial charge is 0.269 e. The lowest BCUT2D eigenvalue weighted by atomic mass is 10.3. The summed E-state index contributed by atoms with van der Waals surface area (Å²) >= 11 is 7.30. The lowest BCUT2D eigenvalue weighted by Crippen LogP contribution is -2.15. The highest BCUT2D eigenvalue weighted by molar-refractivity contribution is 7.14. The summed E-state index contributed by atoms with van der Waals surface area (Å²) in [6.07, 6.45) is 0. The first-order chi connectivity index (χ1) is 7.22. The van der Waals surface area contributed by atoms with Crippen LogP contribution in [0.3, 0.4) is 0 Å². The van der Waals surface area contributed by atoms with Gasteiger partial charge in [-0.2, -0.15) is 4.98 Å². The summed E-state index contributed by atoms with van der Waals surface area (Å²) in [6.45, 7) is -0.225. The summed E-state index contributed by atoms with van der Waals surface area (Å²) in [6, 6.07) is 1.12. The van der Waals surface area contributed by atoms with Gasteiger partial charge < -0.3 is 15.4 Å². The Bertz CT molecular complexity index is 456. The van der Waals surface area contributed by atoms with Crippen molar-refractivity contribution in [1.82, 2.24) is 10.1 Å². The Kier molecular flexibility index (Phi) is 3.01. The highest BCUT2D eigenvalue weighted by atomic mass is 35.5. The highest BCUT2D eigenvalue weighted by Gasteiger charge is 2.16. The quantitative estimate of drug-likeness (QED) is 0.855. The third kappa shape index (κ3) is 2.03. The molecule has 0 aromatic carbocycles. The van der Waals surface area contributed by atoms with E-state index in [9.17, 15) is 0 Å². The molecule has 2 heterocycles. The molecule has 0 aliphatic carbocycles. The molecular weight excluding hydrogens is 238 g/mol. The summed E-state index contributed by atoms with van der Waals surface area (Å²) < 4.78 is 4.99. The minimum absolute atomic E-state index is 0.225. The van der Waals surface area contributed by atoms with Crippen molar-refractivity contribution in [2.45, 2.75) is 6.04 Å². The van der Waals surface area contributed by atoms with Gasteiger partial charge in [0.05, 0.1) is 17.7 Å². The number of hydrogen-bond acceptors (Lipinski definition) is 6. The van der Waals surface area contributed by atoms with Gasteiger partial charge in [0.2, 0.25) is 0 Å². The molecule has 2 aromatic rings. The monoisotopic (exact) mass is 245 g/mol. The second kappa shape index (κ2) is 4.28. The second-order valence-corrected chi connectivity index (χ2v) is 4.17. The summed E-state index contributed by atoms with van der Waals surface area (Å²) in [5, 5.41) is 14.9. The molecule has 1 atom stereocenters. The third-order valence-corrected chi connectivity index (χ3v) is 3.11. The lowest BCUT2D eigenvalue weighted by Gasteiger charge is -1.98. The Morgan fingerprint density at radius 1 is 1.67 bits per heavy atom. The lowest BCUT2D eigenvalue weighted by molar-refractivity contribution is 0.260. The maximum Gasteiger partial charge on any atom is 0.269 e. The summed E-state index contributed by atoms with van der Waals surface area (Å²) in [4.78, 5) is 4.76. The zero-order valence-corrected chi connectivity index (χ0v) is 9.13. The van der Waals surface area contributed by atoms with E-state index in [0.717, 1.165) is 0 Å². The topological polar surface area (TPSA) is 85.2 Å². The molecule has 3 N–H and O–H groups in total. The number of aliphatic hydroxyl groups is 1. The average molecular weight is 246 g/mol. The molecule has 0 saturated carbocycles. The van der Waals surface area contributed by atoms with Crippen molar-refractivity contribution in [2.24, 2.45) is 5.73 Å². The van der Waals surface area contributed by atoms with Gasteiger partial charge >= 0.3 is 0 Å². The minimum Gasteiger partial charge on any atom is -0.394 e. The van der Waals surface area contributed by atoms with Crippen LogP contribution in [0.15, 0.2) is 16.0 Å². The Morgan fingerprint density at radius 2 is 2.47 bits per heavy atom. The van der Waals surface area contributed by atoms with E-state index >= 15 is 0 Å². The molecule has 0 aliphatic heterocycles. The average Bonchev–Trinajstić information content (AvgIpc) is 2.84. The molecule has 0 fully saturated rings. The van der Waals surface area contributed by atoms with Crippen LogP contribution in [-0.4, -0.2) is 21.9 Å². The van der Waals surface area contributed by atoms with Crippen molar-refractivity contribution >= 4 is 22.9 Å². The standard InChI is InChI=1S/C8H8ClN3O2S/c9-4-1-2-15-6(4)8-11-7(12-14-8)5(10)3-13/h1-2,5,13H,3,10H2. The molecule has 0 bridgehead atoms. The maximum atomic E-state index is 8.81. The predicted octanol–water partition coefficient (Wildman–Crippen LogP) is 1.44. The molecule has 0 saturated heterocycles. The van der Waals surface area contributed by atoms with Crippen LogP contribution in [0.5, 0.6) is 0 Å². The molecule has 2 rings (SSSR count). The first-order valence-corrected chi connectivity index (χ1v) is 5.41. The first-order valence-electron chi connectivity index (χ1n) is 4.15. The third-order valence-electron chi connectivity index (χ3n) is 1.78. The fourth-order valence-electron chi connectivity index (χ4n) is 1.01. The van der Waals surface area contributed by atoms with Crippen LogP contribution in [0, 0.1) is 0 Å². The highest BCUT2D eigenvalue weighted by Crippen LogP contribution is 2.32. The summed E-state index contributed by atoms with van der Waals surface area (Å²) in [7, 11) is 0. The summed E-state index contributed by atoms with van der Waals surface area (Å²) in [5.74, 6) is 0.603. The zero-order valence-electron chi connectivity index (χ0n) is 7.55. The number of aliphatic hydroxyl groups excluding tert-OH is 1. The molecule has 2 aromatic heterocycles. The van der Waals surface area contributed by atoms with Gasteiger partial charge in [-0.05, 0) is 11.4 Å². The van der Waals surface area contributed by atoms with E-state index in [2.05, 4.69) is 10.1 Å². The van der Waals surface area contributed by atoms with Crippen molar-refractivity contribution in [2.75, 3.05) is 6.61 Å². The van der Waals surface area contributed by atoms with Gasteiger partial charge in [0.25, 0.3) is 5.89 Å².